The smallest absolute Gasteiger partial charge is 0.243 e. The summed E-state index contributed by atoms with van der Waals surface area (Å²) in [6, 6.07) is 14.4. The van der Waals surface area contributed by atoms with Crippen LogP contribution in [-0.2, 0) is 10.0 Å². The molecule has 0 unspecified atom stereocenters. The molecule has 1 aliphatic rings. The molecule has 36 heavy (non-hydrogen) atoms. The lowest BCUT2D eigenvalue weighted by molar-refractivity contribution is 0.0949. The molecule has 0 amide bonds. The highest BCUT2D eigenvalue weighted by Gasteiger charge is 2.35. The van der Waals surface area contributed by atoms with Crippen LogP contribution < -0.4 is 5.32 Å². The monoisotopic (exact) mass is 506 g/mol. The Labute approximate surface area is 207 Å². The van der Waals surface area contributed by atoms with Crippen molar-refractivity contribution in [3.05, 3.63) is 71.8 Å². The van der Waals surface area contributed by atoms with E-state index in [1.54, 1.807) is 24.4 Å². The lowest BCUT2D eigenvalue weighted by Crippen LogP contribution is -2.51. The van der Waals surface area contributed by atoms with Gasteiger partial charge in [-0.05, 0) is 60.4 Å². The largest absolute Gasteiger partial charge is 0.390 e. The minimum atomic E-state index is -3.84. The zero-order valence-corrected chi connectivity index (χ0v) is 20.1. The summed E-state index contributed by atoms with van der Waals surface area (Å²) in [5, 5.41) is 29.7. The molecule has 2 atom stereocenters. The first-order valence-electron chi connectivity index (χ1n) is 11.3. The van der Waals surface area contributed by atoms with Gasteiger partial charge in [-0.15, -0.1) is 0 Å². The number of aliphatic hydroxyl groups is 1. The van der Waals surface area contributed by atoms with E-state index in [9.17, 15) is 23.2 Å². The molecular formula is C25H23FN6O3S. The highest BCUT2D eigenvalue weighted by atomic mass is 32.2. The number of nitrogens with zero attached hydrogens (tertiary/aromatic N) is 4. The van der Waals surface area contributed by atoms with Gasteiger partial charge in [0.2, 0.25) is 10.0 Å². The van der Waals surface area contributed by atoms with Crippen LogP contribution in [0.15, 0.2) is 59.6 Å². The van der Waals surface area contributed by atoms with Gasteiger partial charge in [0.1, 0.15) is 23.2 Å². The second-order valence-electron chi connectivity index (χ2n) is 8.78. The maximum absolute atomic E-state index is 14.5. The fraction of sp³-hybridized carbons (Fsp3) is 0.240. The molecule has 9 nitrogen and oxygen atoms in total. The zero-order chi connectivity index (χ0) is 25.4. The number of aromatic amines is 1. The Balaban J connectivity index is 1.32. The Hall–Kier alpha value is -3.85. The molecule has 0 saturated carbocycles. The molecule has 11 heteroatoms. The highest BCUT2D eigenvalue weighted by molar-refractivity contribution is 7.89. The number of pyridine rings is 1. The Morgan fingerprint density at radius 1 is 1.19 bits per heavy atom. The van der Waals surface area contributed by atoms with Crippen molar-refractivity contribution in [1.29, 1.82) is 5.26 Å². The van der Waals surface area contributed by atoms with Gasteiger partial charge in [-0.25, -0.2) is 17.8 Å². The molecule has 0 spiro atoms. The number of rotatable bonds is 5. The SMILES string of the molecule is Cc1ccc(N[C@@H]2CCN(S(=O)(=O)c3ccc(-c4cc(F)c5[nH]nc(C#N)c5c4)cc3)C[C@@H]2O)nc1. The van der Waals surface area contributed by atoms with E-state index in [0.29, 0.717) is 28.8 Å². The van der Waals surface area contributed by atoms with Gasteiger partial charge < -0.3 is 10.4 Å². The summed E-state index contributed by atoms with van der Waals surface area (Å²) >= 11 is 0. The third-order valence-electron chi connectivity index (χ3n) is 6.35. The summed E-state index contributed by atoms with van der Waals surface area (Å²) < 4.78 is 42.2. The Morgan fingerprint density at radius 2 is 1.97 bits per heavy atom. The second kappa shape index (κ2) is 9.31. The summed E-state index contributed by atoms with van der Waals surface area (Å²) in [6.07, 6.45) is 1.23. The van der Waals surface area contributed by atoms with Crippen LogP contribution in [0.25, 0.3) is 22.0 Å². The van der Waals surface area contributed by atoms with E-state index < -0.39 is 21.9 Å². The predicted molar refractivity (Wildman–Crippen MR) is 132 cm³/mol. The number of halogens is 1. The summed E-state index contributed by atoms with van der Waals surface area (Å²) in [4.78, 5) is 4.36. The molecule has 184 valence electrons. The van der Waals surface area contributed by atoms with Crippen molar-refractivity contribution in [2.75, 3.05) is 18.4 Å². The standard InChI is InChI=1S/C25H23FN6O3S/c1-15-2-7-24(28-13-15)29-21-8-9-32(14-23(21)33)36(34,35)18-5-3-16(4-6-18)17-10-19-22(12-27)30-31-25(19)20(26)11-17/h2-7,10-11,13,21,23,33H,8-9,14H2,1H3,(H,28,29)(H,30,31)/t21-,23+/m1/s1. The number of aromatic nitrogens is 3. The van der Waals surface area contributed by atoms with Gasteiger partial charge in [-0.3, -0.25) is 5.10 Å². The minimum Gasteiger partial charge on any atom is -0.390 e. The molecule has 2 aromatic carbocycles. The number of hydrogen-bond donors (Lipinski definition) is 3. The van der Waals surface area contributed by atoms with Crippen LogP contribution >= 0.6 is 0 Å². The van der Waals surface area contributed by atoms with E-state index >= 15 is 0 Å². The number of aliphatic hydroxyl groups excluding tert-OH is 1. The lowest BCUT2D eigenvalue weighted by atomic mass is 10.0. The normalized spacial score (nSPS) is 18.7. The van der Waals surface area contributed by atoms with Crippen LogP contribution in [0.5, 0.6) is 0 Å². The molecule has 2 aromatic heterocycles. The summed E-state index contributed by atoms with van der Waals surface area (Å²) in [7, 11) is -3.84. The molecule has 0 radical (unpaired) electrons. The van der Waals surface area contributed by atoms with E-state index in [4.69, 9.17) is 0 Å². The van der Waals surface area contributed by atoms with Crippen LogP contribution in [0.3, 0.4) is 0 Å². The Kier molecular flexibility index (Phi) is 6.17. The first-order valence-corrected chi connectivity index (χ1v) is 12.8. The van der Waals surface area contributed by atoms with Crippen molar-refractivity contribution < 1.29 is 17.9 Å². The molecule has 0 bridgehead atoms. The molecule has 0 aliphatic carbocycles. The van der Waals surface area contributed by atoms with Crippen LogP contribution in [0.4, 0.5) is 10.2 Å². The van der Waals surface area contributed by atoms with Crippen molar-refractivity contribution >= 4 is 26.7 Å². The summed E-state index contributed by atoms with van der Waals surface area (Å²) in [6.45, 7) is 2.12. The summed E-state index contributed by atoms with van der Waals surface area (Å²) in [5.41, 5.74) is 2.33. The van der Waals surface area contributed by atoms with Gasteiger partial charge in [0.05, 0.1) is 17.0 Å². The number of piperidine rings is 1. The topological polar surface area (TPSA) is 135 Å². The molecular weight excluding hydrogens is 483 g/mol. The van der Waals surface area contributed by atoms with Crippen LogP contribution in [0.2, 0.25) is 0 Å². The van der Waals surface area contributed by atoms with Gasteiger partial charge in [0.15, 0.2) is 5.69 Å². The molecule has 3 heterocycles. The molecule has 3 N–H and O–H groups in total. The molecule has 1 saturated heterocycles. The lowest BCUT2D eigenvalue weighted by Gasteiger charge is -2.35. The molecule has 1 fully saturated rings. The number of nitriles is 1. The van der Waals surface area contributed by atoms with Gasteiger partial charge >= 0.3 is 0 Å². The predicted octanol–water partition coefficient (Wildman–Crippen LogP) is 3.18. The number of fused-ring (bicyclic) bond motifs is 1. The van der Waals surface area contributed by atoms with E-state index in [1.165, 1.54) is 22.5 Å². The van der Waals surface area contributed by atoms with Crippen LogP contribution in [-0.4, -0.2) is 58.2 Å². The van der Waals surface area contributed by atoms with E-state index in [0.717, 1.165) is 5.56 Å². The fourth-order valence-corrected chi connectivity index (χ4v) is 5.80. The number of aryl methyl sites for hydroxylation is 1. The van der Waals surface area contributed by atoms with E-state index in [-0.39, 0.29) is 35.2 Å². The average molecular weight is 507 g/mol. The number of H-pyrrole nitrogens is 1. The number of β-amino-alcohol motifs (C(OH)–C–C–N with tert-alkyl or cyclic N) is 1. The quantitative estimate of drug-likeness (QED) is 0.378. The van der Waals surface area contributed by atoms with Crippen molar-refractivity contribution in [3.8, 4) is 17.2 Å². The molecule has 1 aliphatic heterocycles. The fourth-order valence-electron chi connectivity index (χ4n) is 4.33. The van der Waals surface area contributed by atoms with Crippen LogP contribution in [0, 0.1) is 24.1 Å². The van der Waals surface area contributed by atoms with Gasteiger partial charge in [-0.2, -0.15) is 14.7 Å². The van der Waals surface area contributed by atoms with Crippen LogP contribution in [0.1, 0.15) is 17.7 Å². The van der Waals surface area contributed by atoms with E-state index in [1.807, 2.05) is 25.1 Å². The minimum absolute atomic E-state index is 0.0487. The zero-order valence-electron chi connectivity index (χ0n) is 19.3. The Bertz CT molecular complexity index is 1560. The second-order valence-corrected chi connectivity index (χ2v) is 10.7. The first-order chi connectivity index (χ1) is 17.3. The molecule has 4 aromatic rings. The summed E-state index contributed by atoms with van der Waals surface area (Å²) in [5.74, 6) is 0.0722. The average Bonchev–Trinajstić information content (AvgIpc) is 3.30. The number of hydrogen-bond acceptors (Lipinski definition) is 7. The first kappa shape index (κ1) is 23.9. The van der Waals surface area contributed by atoms with Crippen molar-refractivity contribution in [3.63, 3.8) is 0 Å². The van der Waals surface area contributed by atoms with Gasteiger partial charge in [0, 0.05) is 24.7 Å². The number of benzene rings is 2. The van der Waals surface area contributed by atoms with Crippen molar-refractivity contribution in [2.24, 2.45) is 0 Å². The third kappa shape index (κ3) is 4.42. The maximum atomic E-state index is 14.5. The van der Waals surface area contributed by atoms with Crippen molar-refractivity contribution in [1.82, 2.24) is 19.5 Å². The van der Waals surface area contributed by atoms with Gasteiger partial charge in [0.25, 0.3) is 0 Å². The number of sulfonamides is 1. The van der Waals surface area contributed by atoms with Crippen molar-refractivity contribution in [2.45, 2.75) is 30.4 Å². The Morgan fingerprint density at radius 3 is 2.64 bits per heavy atom. The molecule has 5 rings (SSSR count). The number of anilines is 1. The third-order valence-corrected chi connectivity index (χ3v) is 8.22. The highest BCUT2D eigenvalue weighted by Crippen LogP contribution is 2.29. The maximum Gasteiger partial charge on any atom is 0.243 e. The number of nitrogens with one attached hydrogen (secondary N) is 2. The van der Waals surface area contributed by atoms with Gasteiger partial charge in [-0.1, -0.05) is 18.2 Å². The van der Waals surface area contributed by atoms with E-state index in [2.05, 4.69) is 20.5 Å².